The van der Waals surface area contributed by atoms with Gasteiger partial charge in [-0.3, -0.25) is 19.6 Å². The number of halogens is 9. The van der Waals surface area contributed by atoms with E-state index in [0.717, 1.165) is 80.9 Å². The molecule has 1 saturated heterocycles. The monoisotopic (exact) mass is 1380 g/mol. The number of benzene rings is 4. The first kappa shape index (κ1) is 66.7. The predicted molar refractivity (Wildman–Crippen MR) is 306 cm³/mol. The lowest BCUT2D eigenvalue weighted by Gasteiger charge is -2.25. The fourth-order valence-corrected chi connectivity index (χ4v) is 14.3. The van der Waals surface area contributed by atoms with Crippen LogP contribution in [0.1, 0.15) is 51.2 Å². The van der Waals surface area contributed by atoms with Gasteiger partial charge in [-0.05, 0) is 42.5 Å². The van der Waals surface area contributed by atoms with Crippen molar-refractivity contribution in [3.05, 3.63) is 123 Å². The normalized spacial score (nSPS) is 13.1. The lowest BCUT2D eigenvalue weighted by atomic mass is 10.2. The first-order valence-electron chi connectivity index (χ1n) is 24.1. The minimum Gasteiger partial charge on any atom is -0.484 e. The second-order valence-electron chi connectivity index (χ2n) is 17.8. The molecule has 4 aromatic heterocycles. The van der Waals surface area contributed by atoms with Gasteiger partial charge in [0.15, 0.2) is 19.0 Å². The van der Waals surface area contributed by atoms with Crippen molar-refractivity contribution >= 4 is 132 Å². The molecule has 86 heavy (non-hydrogen) atoms. The summed E-state index contributed by atoms with van der Waals surface area (Å²) in [6.45, 7) is 5.91. The number of hydrogen-bond acceptors (Lipinski definition) is 24. The standard InChI is InChI=1S/C17H18ClN7O5S3.C15H15F6N3O4S2.C14H9ClFN3O2S2/c1-10(2)14-19-16(31-21-14)24(17-20-15(22-32-17)23-5-7-30-8-6-23)33(28,29)11-3-4-12(18)13(9-11)25(26)27;1-8(2)12-22-13(29-23-12)24-30(25,26)11-5-9(27-6-14(16,17)18)3-4-10(11)28-7-15(19,20)21;15-11-8-10(6-7-12(11)16)23(20,21)19-14-17-13(18-22-14)9-4-2-1-3-5-9/h3-4,9-10H,5-8H2,1-2H3;3-5,8H,6-7H2,1-2H3,(H,22,23,24);1-8H,(H,17,18,19). The Kier molecular flexibility index (Phi) is 21.7. The molecule has 40 heteroatoms. The fourth-order valence-electron chi connectivity index (χ4n) is 6.61. The van der Waals surface area contributed by atoms with E-state index in [1.54, 1.807) is 13.8 Å². The van der Waals surface area contributed by atoms with Gasteiger partial charge in [0.1, 0.15) is 38.9 Å². The third-order valence-electron chi connectivity index (χ3n) is 10.7. The molecular weight excluding hydrogens is 1340 g/mol. The van der Waals surface area contributed by atoms with Crippen LogP contribution in [0.4, 0.5) is 62.9 Å². The Morgan fingerprint density at radius 3 is 1.88 bits per heavy atom. The smallest absolute Gasteiger partial charge is 0.422 e. The zero-order valence-corrected chi connectivity index (χ0v) is 51.4. The van der Waals surface area contributed by atoms with Crippen LogP contribution in [0, 0.1) is 15.9 Å². The predicted octanol–water partition coefficient (Wildman–Crippen LogP) is 11.6. The summed E-state index contributed by atoms with van der Waals surface area (Å²) in [7, 11) is -12.9. The van der Waals surface area contributed by atoms with Crippen molar-refractivity contribution in [3.63, 3.8) is 0 Å². The molecule has 0 spiro atoms. The van der Waals surface area contributed by atoms with Crippen LogP contribution in [0.15, 0.2) is 99.6 Å². The lowest BCUT2D eigenvalue weighted by molar-refractivity contribution is -0.384. The van der Waals surface area contributed by atoms with Crippen LogP contribution in [0.5, 0.6) is 11.5 Å². The van der Waals surface area contributed by atoms with Crippen LogP contribution >= 0.6 is 69.3 Å². The average Bonchev–Trinajstić information content (AvgIpc) is 1.60. The maximum atomic E-state index is 13.7. The summed E-state index contributed by atoms with van der Waals surface area (Å²) in [5.74, 6) is -0.519. The van der Waals surface area contributed by atoms with Crippen LogP contribution in [0.2, 0.25) is 10.0 Å². The van der Waals surface area contributed by atoms with Crippen LogP contribution in [-0.4, -0.2) is 119 Å². The maximum Gasteiger partial charge on any atom is 0.422 e. The van der Waals surface area contributed by atoms with Crippen molar-refractivity contribution in [2.24, 2.45) is 0 Å². The largest absolute Gasteiger partial charge is 0.484 e. The number of morpholine rings is 1. The topological polar surface area (TPSA) is 307 Å². The molecule has 2 N–H and O–H groups in total. The van der Waals surface area contributed by atoms with Gasteiger partial charge in [0.05, 0.1) is 33.0 Å². The van der Waals surface area contributed by atoms with E-state index >= 15 is 0 Å². The molecule has 0 radical (unpaired) electrons. The molecule has 0 atom stereocenters. The average molecular weight is 1380 g/mol. The molecule has 462 valence electrons. The first-order valence-corrected chi connectivity index (χ1v) is 32.3. The van der Waals surface area contributed by atoms with Gasteiger partial charge in [-0.15, -0.1) is 0 Å². The van der Waals surface area contributed by atoms with Crippen molar-refractivity contribution < 1.29 is 75.1 Å². The molecule has 0 saturated carbocycles. The zero-order valence-electron chi connectivity index (χ0n) is 44.1. The summed E-state index contributed by atoms with van der Waals surface area (Å²) in [6, 6.07) is 17.9. The number of sulfonamides is 3. The molecule has 8 aromatic rings. The van der Waals surface area contributed by atoms with Crippen molar-refractivity contribution in [1.29, 1.82) is 0 Å². The number of nitrogens with one attached hydrogen (secondary N) is 2. The van der Waals surface area contributed by atoms with Crippen LogP contribution < -0.4 is 28.1 Å². The molecule has 5 heterocycles. The Hall–Kier alpha value is -6.78. The van der Waals surface area contributed by atoms with Crippen molar-refractivity contribution in [1.82, 2.24) is 37.4 Å². The SMILES string of the molecule is CC(C)c1nsc(N(c2nc(N3CCOCC3)ns2)S(=O)(=O)c2ccc(Cl)c([N+](=O)[O-])c2)n1.CC(C)c1nsc(NS(=O)(=O)c2cc(OCC(F)(F)F)ccc2OCC(F)(F)F)n1.O=S(=O)(Nc1nc(-c2ccccc2)ns1)c1ccc(F)c(Cl)c1. The lowest BCUT2D eigenvalue weighted by Crippen LogP contribution is -2.37. The number of nitrogens with zero attached hydrogens (tertiary/aromatic N) is 11. The number of anilines is 5. The highest BCUT2D eigenvalue weighted by Gasteiger charge is 2.36. The summed E-state index contributed by atoms with van der Waals surface area (Å²) in [4.78, 5) is 28.0. The van der Waals surface area contributed by atoms with Crippen LogP contribution in [0.3, 0.4) is 0 Å². The van der Waals surface area contributed by atoms with Crippen LogP contribution in [0.25, 0.3) is 11.4 Å². The second-order valence-corrected chi connectivity index (χ2v) is 26.7. The first-order chi connectivity index (χ1) is 40.3. The van der Waals surface area contributed by atoms with Gasteiger partial charge in [0.25, 0.3) is 35.8 Å². The quantitative estimate of drug-likeness (QED) is 0.0432. The summed E-state index contributed by atoms with van der Waals surface area (Å²) >= 11 is 14.9. The molecule has 24 nitrogen and oxygen atoms in total. The highest BCUT2D eigenvalue weighted by molar-refractivity contribution is 7.94. The number of nitro groups is 1. The number of alkyl halides is 6. The van der Waals surface area contributed by atoms with E-state index in [0.29, 0.717) is 67.3 Å². The number of rotatable bonds is 19. The number of ether oxygens (including phenoxy) is 3. The molecule has 1 fully saturated rings. The molecule has 0 unspecified atom stereocenters. The van der Waals surface area contributed by atoms with E-state index in [2.05, 4.69) is 51.6 Å². The third kappa shape index (κ3) is 17.9. The minimum absolute atomic E-state index is 0.0329. The Morgan fingerprint density at radius 1 is 0.686 bits per heavy atom. The molecule has 1 aliphatic heterocycles. The summed E-state index contributed by atoms with van der Waals surface area (Å²) in [5, 5.41) is 10.9. The molecule has 1 aliphatic rings. The molecule has 0 aliphatic carbocycles. The minimum atomic E-state index is -4.77. The highest BCUT2D eigenvalue weighted by Crippen LogP contribution is 2.39. The van der Waals surface area contributed by atoms with Gasteiger partial charge in [-0.1, -0.05) is 81.2 Å². The zero-order chi connectivity index (χ0) is 62.9. The second kappa shape index (κ2) is 27.9. The fraction of sp³-hybridized carbons (Fsp3) is 0.304. The summed E-state index contributed by atoms with van der Waals surface area (Å²) < 4.78 is 201. The van der Waals surface area contributed by atoms with E-state index in [1.807, 2.05) is 53.8 Å². The van der Waals surface area contributed by atoms with Gasteiger partial charge in [-0.2, -0.15) is 58.1 Å². The maximum absolute atomic E-state index is 13.7. The van der Waals surface area contributed by atoms with Crippen LogP contribution in [-0.2, 0) is 34.8 Å². The Labute approximate surface area is 510 Å². The molecule has 9 rings (SSSR count). The van der Waals surface area contributed by atoms with Crippen molar-refractivity contribution in [3.8, 4) is 22.9 Å². The van der Waals surface area contributed by atoms with Crippen molar-refractivity contribution in [2.45, 2.75) is 66.6 Å². The highest BCUT2D eigenvalue weighted by atomic mass is 35.5. The summed E-state index contributed by atoms with van der Waals surface area (Å²) in [6.07, 6.45) is -9.48. The Bertz CT molecular complexity index is 4010. The van der Waals surface area contributed by atoms with Gasteiger partial charge in [0.2, 0.25) is 26.5 Å². The number of aromatic nitrogens is 8. The summed E-state index contributed by atoms with van der Waals surface area (Å²) in [5.41, 5.74) is 0.253. The van der Waals surface area contributed by atoms with Gasteiger partial charge in [-0.25, -0.2) is 39.6 Å². The Morgan fingerprint density at radius 2 is 1.27 bits per heavy atom. The van der Waals surface area contributed by atoms with Gasteiger partial charge in [0, 0.05) is 88.8 Å². The van der Waals surface area contributed by atoms with E-state index in [1.165, 1.54) is 12.1 Å². The molecule has 4 aromatic carbocycles. The molecule has 0 amide bonds. The molecule has 0 bridgehead atoms. The Balaban J connectivity index is 0.000000187. The van der Waals surface area contributed by atoms with E-state index in [9.17, 15) is 66.1 Å². The molecular formula is C46H42Cl2F7N13O11S7. The number of nitro benzene ring substituents is 1. The van der Waals surface area contributed by atoms with Crippen molar-refractivity contribution in [2.75, 3.05) is 58.2 Å². The van der Waals surface area contributed by atoms with E-state index < -0.39 is 88.5 Å². The van der Waals surface area contributed by atoms with Gasteiger partial charge >= 0.3 is 12.4 Å². The van der Waals surface area contributed by atoms with E-state index in [-0.39, 0.29) is 52.2 Å². The third-order valence-corrected chi connectivity index (χ3v) is 18.9. The number of hydrogen-bond donors (Lipinski definition) is 2. The van der Waals surface area contributed by atoms with E-state index in [4.69, 9.17) is 27.9 Å². The van der Waals surface area contributed by atoms with Gasteiger partial charge < -0.3 is 19.1 Å².